The van der Waals surface area contributed by atoms with E-state index in [9.17, 15) is 9.59 Å². The van der Waals surface area contributed by atoms with E-state index in [4.69, 9.17) is 4.74 Å². The summed E-state index contributed by atoms with van der Waals surface area (Å²) < 4.78 is 5.44. The van der Waals surface area contributed by atoms with Gasteiger partial charge in [-0.3, -0.25) is 9.69 Å². The molecule has 0 radical (unpaired) electrons. The predicted molar refractivity (Wildman–Crippen MR) is 130 cm³/mol. The summed E-state index contributed by atoms with van der Waals surface area (Å²) in [5.41, 5.74) is 2.75. The Bertz CT molecular complexity index is 1280. The molecule has 0 saturated carbocycles. The van der Waals surface area contributed by atoms with Crippen LogP contribution in [0.3, 0.4) is 0 Å². The lowest BCUT2D eigenvalue weighted by molar-refractivity contribution is -0.120. The van der Waals surface area contributed by atoms with Crippen molar-refractivity contribution in [3.63, 3.8) is 0 Å². The molecule has 6 nitrogen and oxygen atoms in total. The number of rotatable bonds is 5. The number of anilines is 1. The quantitative estimate of drug-likeness (QED) is 0.417. The Labute approximate surface area is 195 Å². The summed E-state index contributed by atoms with van der Waals surface area (Å²) in [4.78, 5) is 31.7. The highest BCUT2D eigenvalue weighted by Crippen LogP contribution is 2.31. The SMILES string of the molecule is O=C(Nc1nc(-c2cccc3ccccc23)cs1)C1CCCN1C(=O)OCc1ccccc1. The molecule has 166 valence electrons. The molecular weight excluding hydrogens is 434 g/mol. The number of carbonyl (C=O) groups is 2. The smallest absolute Gasteiger partial charge is 0.410 e. The molecule has 1 N–H and O–H groups in total. The van der Waals surface area contributed by atoms with Crippen molar-refractivity contribution in [1.82, 2.24) is 9.88 Å². The molecule has 2 heterocycles. The lowest BCUT2D eigenvalue weighted by atomic mass is 10.0. The van der Waals surface area contributed by atoms with Crippen LogP contribution in [0.5, 0.6) is 0 Å². The Morgan fingerprint density at radius 1 is 1.03 bits per heavy atom. The topological polar surface area (TPSA) is 71.5 Å². The van der Waals surface area contributed by atoms with Crippen LogP contribution in [0.1, 0.15) is 18.4 Å². The van der Waals surface area contributed by atoms with Crippen LogP contribution in [0.4, 0.5) is 9.93 Å². The van der Waals surface area contributed by atoms with E-state index in [2.05, 4.69) is 28.5 Å². The summed E-state index contributed by atoms with van der Waals surface area (Å²) in [7, 11) is 0. The molecule has 1 unspecified atom stereocenters. The van der Waals surface area contributed by atoms with Gasteiger partial charge in [0.2, 0.25) is 5.91 Å². The first-order valence-corrected chi connectivity index (χ1v) is 11.8. The Balaban J connectivity index is 1.26. The molecule has 0 spiro atoms. The number of ether oxygens (including phenoxy) is 1. The Morgan fingerprint density at radius 2 is 1.82 bits per heavy atom. The van der Waals surface area contributed by atoms with Gasteiger partial charge in [-0.15, -0.1) is 11.3 Å². The largest absolute Gasteiger partial charge is 0.445 e. The van der Waals surface area contributed by atoms with Gasteiger partial charge in [0.1, 0.15) is 12.6 Å². The summed E-state index contributed by atoms with van der Waals surface area (Å²) in [5, 5.41) is 7.62. The van der Waals surface area contributed by atoms with Gasteiger partial charge in [-0.2, -0.15) is 0 Å². The fourth-order valence-electron chi connectivity index (χ4n) is 4.15. The van der Waals surface area contributed by atoms with E-state index in [0.29, 0.717) is 18.1 Å². The van der Waals surface area contributed by atoms with Crippen molar-refractivity contribution in [3.8, 4) is 11.3 Å². The third kappa shape index (κ3) is 4.59. The fourth-order valence-corrected chi connectivity index (χ4v) is 4.87. The minimum absolute atomic E-state index is 0.186. The van der Waals surface area contributed by atoms with Crippen LogP contribution >= 0.6 is 11.3 Å². The summed E-state index contributed by atoms with van der Waals surface area (Å²) in [6, 6.07) is 23.2. The van der Waals surface area contributed by atoms with Crippen molar-refractivity contribution in [1.29, 1.82) is 0 Å². The number of aromatic nitrogens is 1. The second kappa shape index (κ2) is 9.42. The van der Waals surface area contributed by atoms with Crippen molar-refractivity contribution in [3.05, 3.63) is 83.7 Å². The minimum Gasteiger partial charge on any atom is -0.445 e. The van der Waals surface area contributed by atoms with Gasteiger partial charge >= 0.3 is 6.09 Å². The van der Waals surface area contributed by atoms with Gasteiger partial charge in [0.15, 0.2) is 5.13 Å². The molecule has 3 aromatic carbocycles. The van der Waals surface area contributed by atoms with E-state index in [1.165, 1.54) is 16.2 Å². The Morgan fingerprint density at radius 3 is 2.70 bits per heavy atom. The average molecular weight is 458 g/mol. The lowest BCUT2D eigenvalue weighted by Gasteiger charge is -2.22. The molecule has 1 fully saturated rings. The number of nitrogens with one attached hydrogen (secondary N) is 1. The van der Waals surface area contributed by atoms with Gasteiger partial charge in [-0.25, -0.2) is 9.78 Å². The van der Waals surface area contributed by atoms with E-state index in [0.717, 1.165) is 34.0 Å². The van der Waals surface area contributed by atoms with Crippen LogP contribution in [0.2, 0.25) is 0 Å². The Hall–Kier alpha value is -3.71. The minimum atomic E-state index is -0.557. The van der Waals surface area contributed by atoms with E-state index in [1.807, 2.05) is 60.0 Å². The molecule has 0 bridgehead atoms. The average Bonchev–Trinajstić information content (AvgIpc) is 3.53. The molecule has 2 amide bonds. The molecule has 0 aliphatic carbocycles. The van der Waals surface area contributed by atoms with E-state index >= 15 is 0 Å². The number of fused-ring (bicyclic) bond motifs is 1. The maximum absolute atomic E-state index is 13.0. The standard InChI is InChI=1S/C26H23N3O3S/c30-24(23-14-7-15-29(23)26(31)32-16-18-8-2-1-3-9-18)28-25-27-22(17-33-25)21-13-6-11-19-10-4-5-12-20(19)21/h1-6,8-13,17,23H,7,14-16H2,(H,27,28,30). The van der Waals surface area contributed by atoms with Crippen molar-refractivity contribution >= 4 is 39.2 Å². The zero-order chi connectivity index (χ0) is 22.6. The van der Waals surface area contributed by atoms with E-state index < -0.39 is 12.1 Å². The van der Waals surface area contributed by atoms with Gasteiger partial charge in [-0.1, -0.05) is 72.8 Å². The first kappa shape index (κ1) is 21.2. The highest BCUT2D eigenvalue weighted by Gasteiger charge is 2.35. The van der Waals surface area contributed by atoms with Crippen molar-refractivity contribution in [2.24, 2.45) is 0 Å². The second-order valence-corrected chi connectivity index (χ2v) is 8.80. The van der Waals surface area contributed by atoms with Gasteiger partial charge in [-0.05, 0) is 29.2 Å². The first-order chi connectivity index (χ1) is 16.2. The highest BCUT2D eigenvalue weighted by atomic mass is 32.1. The zero-order valence-corrected chi connectivity index (χ0v) is 18.8. The molecule has 1 saturated heterocycles. The Kier molecular flexibility index (Phi) is 6.04. The normalized spacial score (nSPS) is 15.5. The third-order valence-electron chi connectivity index (χ3n) is 5.80. The summed E-state index contributed by atoms with van der Waals surface area (Å²) in [5.74, 6) is -0.233. The molecule has 1 aliphatic heterocycles. The number of carbonyl (C=O) groups excluding carboxylic acids is 2. The number of hydrogen-bond acceptors (Lipinski definition) is 5. The number of thiazole rings is 1. The monoisotopic (exact) mass is 457 g/mol. The first-order valence-electron chi connectivity index (χ1n) is 10.9. The number of nitrogens with zero attached hydrogens (tertiary/aromatic N) is 2. The van der Waals surface area contributed by atoms with Crippen LogP contribution in [-0.4, -0.2) is 34.5 Å². The fraction of sp³-hybridized carbons (Fsp3) is 0.192. The summed E-state index contributed by atoms with van der Waals surface area (Å²) in [6.07, 6.45) is 0.901. The molecule has 7 heteroatoms. The molecule has 5 rings (SSSR count). The predicted octanol–water partition coefficient (Wildman–Crippen LogP) is 5.70. The van der Waals surface area contributed by atoms with Crippen molar-refractivity contribution < 1.29 is 14.3 Å². The highest BCUT2D eigenvalue weighted by molar-refractivity contribution is 7.14. The van der Waals surface area contributed by atoms with E-state index in [-0.39, 0.29) is 12.5 Å². The maximum Gasteiger partial charge on any atom is 0.410 e. The summed E-state index contributed by atoms with van der Waals surface area (Å²) >= 11 is 1.38. The van der Waals surface area contributed by atoms with Gasteiger partial charge in [0, 0.05) is 17.5 Å². The molecule has 1 atom stereocenters. The van der Waals surface area contributed by atoms with Crippen molar-refractivity contribution in [2.45, 2.75) is 25.5 Å². The lowest BCUT2D eigenvalue weighted by Crippen LogP contribution is -2.43. The summed E-state index contributed by atoms with van der Waals surface area (Å²) in [6.45, 7) is 0.691. The van der Waals surface area contributed by atoms with Crippen LogP contribution in [0, 0.1) is 0 Å². The maximum atomic E-state index is 13.0. The number of hydrogen-bond donors (Lipinski definition) is 1. The zero-order valence-electron chi connectivity index (χ0n) is 17.9. The van der Waals surface area contributed by atoms with Gasteiger partial charge in [0.25, 0.3) is 0 Å². The molecule has 1 aromatic heterocycles. The number of likely N-dealkylation sites (tertiary alicyclic amines) is 1. The van der Waals surface area contributed by atoms with Crippen molar-refractivity contribution in [2.75, 3.05) is 11.9 Å². The molecule has 33 heavy (non-hydrogen) atoms. The second-order valence-electron chi connectivity index (χ2n) is 7.95. The number of amides is 2. The van der Waals surface area contributed by atoms with Crippen LogP contribution in [0.15, 0.2) is 78.2 Å². The molecule has 1 aliphatic rings. The van der Waals surface area contributed by atoms with Crippen LogP contribution in [0.25, 0.3) is 22.0 Å². The van der Waals surface area contributed by atoms with Gasteiger partial charge < -0.3 is 10.1 Å². The van der Waals surface area contributed by atoms with E-state index in [1.54, 1.807) is 0 Å². The van der Waals surface area contributed by atoms with Crippen LogP contribution in [-0.2, 0) is 16.1 Å². The number of benzene rings is 3. The molecule has 4 aromatic rings. The van der Waals surface area contributed by atoms with Crippen LogP contribution < -0.4 is 5.32 Å². The van der Waals surface area contributed by atoms with Gasteiger partial charge in [0.05, 0.1) is 5.69 Å². The third-order valence-corrected chi connectivity index (χ3v) is 6.55. The molecular formula is C26H23N3O3S.